The van der Waals surface area contributed by atoms with Crippen molar-refractivity contribution in [3.8, 4) is 0 Å². The maximum absolute atomic E-state index is 14.4. The zero-order valence-corrected chi connectivity index (χ0v) is 34.2. The Labute approximate surface area is 346 Å². The van der Waals surface area contributed by atoms with Gasteiger partial charge >= 0.3 is 6.03 Å². The summed E-state index contributed by atoms with van der Waals surface area (Å²) in [6, 6.07) is 1.64. The SMILES string of the molecule is Cc1ccc(NC(=O)NC(Cc2cc(F)cc(F)c2)C(=O)NC(C(=O)N2CC(N)CC2C(=O)N2CCCCC2C(=O)NC(C)C(=O)N2CC(C)CC23CC3=O)C(C)O)cc1. The summed E-state index contributed by atoms with van der Waals surface area (Å²) in [5.41, 5.74) is 6.86. The molecule has 7 N–H and O–H groups in total. The van der Waals surface area contributed by atoms with Crippen molar-refractivity contribution in [1.82, 2.24) is 30.7 Å². The number of aliphatic hydroxyl groups is 1. The Hall–Kier alpha value is -5.49. The molecule has 16 nitrogen and oxygen atoms in total. The van der Waals surface area contributed by atoms with Crippen LogP contribution in [0.1, 0.15) is 70.4 Å². The molecule has 18 heteroatoms. The van der Waals surface area contributed by atoms with Gasteiger partial charge in [-0.1, -0.05) is 24.6 Å². The molecular formula is C42H54F2N8O8. The third kappa shape index (κ3) is 9.75. The minimum Gasteiger partial charge on any atom is -0.391 e. The number of halogens is 2. The average Bonchev–Trinajstić information content (AvgIpc) is 3.47. The van der Waals surface area contributed by atoms with E-state index in [1.807, 2.05) is 13.8 Å². The third-order valence-corrected chi connectivity index (χ3v) is 11.9. The van der Waals surface area contributed by atoms with Gasteiger partial charge in [-0.25, -0.2) is 13.6 Å². The minimum absolute atomic E-state index is 0.00683. The summed E-state index contributed by atoms with van der Waals surface area (Å²) in [7, 11) is 0. The topological polar surface area (TPSA) is 224 Å². The van der Waals surface area contributed by atoms with Crippen LogP contribution in [0.2, 0.25) is 0 Å². The summed E-state index contributed by atoms with van der Waals surface area (Å²) in [5.74, 6) is -5.00. The van der Waals surface area contributed by atoms with E-state index in [2.05, 4.69) is 21.3 Å². The molecular weight excluding hydrogens is 783 g/mol. The lowest BCUT2D eigenvalue weighted by Crippen LogP contribution is -2.62. The lowest BCUT2D eigenvalue weighted by Gasteiger charge is -2.39. The number of urea groups is 1. The number of aryl methyl sites for hydroxylation is 1. The van der Waals surface area contributed by atoms with E-state index in [-0.39, 0.29) is 42.7 Å². The Morgan fingerprint density at radius 1 is 0.917 bits per heavy atom. The van der Waals surface area contributed by atoms with Crippen molar-refractivity contribution in [3.05, 3.63) is 65.2 Å². The summed E-state index contributed by atoms with van der Waals surface area (Å²) in [4.78, 5) is 99.3. The molecule has 3 saturated heterocycles. The summed E-state index contributed by atoms with van der Waals surface area (Å²) >= 11 is 0. The predicted octanol–water partition coefficient (Wildman–Crippen LogP) is 1.27. The second kappa shape index (κ2) is 18.0. The van der Waals surface area contributed by atoms with Crippen molar-refractivity contribution in [2.45, 2.75) is 121 Å². The molecule has 60 heavy (non-hydrogen) atoms. The van der Waals surface area contributed by atoms with Crippen LogP contribution < -0.4 is 27.0 Å². The summed E-state index contributed by atoms with van der Waals surface area (Å²) < 4.78 is 28.4. The largest absolute Gasteiger partial charge is 0.391 e. The number of likely N-dealkylation sites (tertiary alicyclic amines) is 3. The average molecular weight is 837 g/mol. The lowest BCUT2D eigenvalue weighted by molar-refractivity contribution is -0.152. The monoisotopic (exact) mass is 836 g/mol. The number of hydrogen-bond acceptors (Lipinski definition) is 9. The standard InChI is InChI=1S/C42H54F2N8O8/c1-22-8-10-30(11-9-22)47-41(60)48-31(15-26-13-27(43)16-28(44)14-26)36(55)49-35(25(4)53)40(59)51-21-29(45)17-33(51)39(58)50-12-6-5-7-32(50)37(56)46-24(3)38(57)52-20-23(2)18-42(52)19-34(42)54/h8-11,13-14,16,23-25,29,31-33,35,53H,5-7,12,15,17-21,45H2,1-4H3,(H,46,56)(H,49,55)(H2,47,48,60). The Balaban J connectivity index is 1.16. The highest BCUT2D eigenvalue weighted by Gasteiger charge is 2.63. The van der Waals surface area contributed by atoms with Crippen LogP contribution >= 0.6 is 0 Å². The predicted molar refractivity (Wildman–Crippen MR) is 214 cm³/mol. The van der Waals surface area contributed by atoms with Crippen LogP contribution in [0.5, 0.6) is 0 Å². The molecule has 2 aromatic carbocycles. The number of piperidine rings is 1. The number of amides is 7. The number of nitrogens with one attached hydrogen (secondary N) is 4. The fraction of sp³-hybridized carbons (Fsp3) is 0.548. The number of rotatable bonds is 12. The molecule has 9 unspecified atom stereocenters. The van der Waals surface area contributed by atoms with Gasteiger partial charge in [0.15, 0.2) is 5.78 Å². The second-order valence-corrected chi connectivity index (χ2v) is 16.9. The van der Waals surface area contributed by atoms with E-state index in [0.29, 0.717) is 50.4 Å². The molecule has 0 radical (unpaired) electrons. The first-order valence-corrected chi connectivity index (χ1v) is 20.5. The van der Waals surface area contributed by atoms with Crippen molar-refractivity contribution in [2.24, 2.45) is 11.7 Å². The van der Waals surface area contributed by atoms with Crippen molar-refractivity contribution >= 4 is 47.0 Å². The van der Waals surface area contributed by atoms with Crippen LogP contribution in [-0.2, 0) is 35.2 Å². The molecule has 2 aromatic rings. The van der Waals surface area contributed by atoms with Gasteiger partial charge in [0.2, 0.25) is 29.5 Å². The molecule has 0 bridgehead atoms. The fourth-order valence-electron chi connectivity index (χ4n) is 8.76. The third-order valence-electron chi connectivity index (χ3n) is 11.9. The van der Waals surface area contributed by atoms with E-state index in [9.17, 15) is 47.4 Å². The highest BCUT2D eigenvalue weighted by molar-refractivity contribution is 6.09. The first-order chi connectivity index (χ1) is 28.4. The Morgan fingerprint density at radius 2 is 1.58 bits per heavy atom. The van der Waals surface area contributed by atoms with Gasteiger partial charge in [-0.15, -0.1) is 0 Å². The number of nitrogens with two attached hydrogens (primary N) is 1. The molecule has 9 atom stereocenters. The van der Waals surface area contributed by atoms with E-state index in [4.69, 9.17) is 5.73 Å². The fourth-order valence-corrected chi connectivity index (χ4v) is 8.76. The molecule has 3 aliphatic heterocycles. The van der Waals surface area contributed by atoms with Gasteiger partial charge in [0.1, 0.15) is 47.4 Å². The Morgan fingerprint density at radius 3 is 2.22 bits per heavy atom. The van der Waals surface area contributed by atoms with Crippen LogP contribution in [0.4, 0.5) is 19.3 Å². The van der Waals surface area contributed by atoms with Gasteiger partial charge in [0.25, 0.3) is 0 Å². The van der Waals surface area contributed by atoms with Gasteiger partial charge < -0.3 is 46.8 Å². The van der Waals surface area contributed by atoms with Crippen LogP contribution in [0.25, 0.3) is 0 Å². The normalized spacial score (nSPS) is 25.6. The molecule has 1 aliphatic carbocycles. The zero-order valence-electron chi connectivity index (χ0n) is 34.2. The van der Waals surface area contributed by atoms with Crippen LogP contribution in [0.3, 0.4) is 0 Å². The van der Waals surface area contributed by atoms with Gasteiger partial charge in [-0.3, -0.25) is 28.8 Å². The number of aliphatic hydroxyl groups excluding tert-OH is 1. The Kier molecular flexibility index (Phi) is 13.2. The van der Waals surface area contributed by atoms with Crippen LogP contribution in [0, 0.1) is 24.5 Å². The number of carbonyl (C=O) groups excluding carboxylic acids is 7. The van der Waals surface area contributed by atoms with Crippen LogP contribution in [0.15, 0.2) is 42.5 Å². The number of hydrogen-bond donors (Lipinski definition) is 6. The van der Waals surface area contributed by atoms with Crippen molar-refractivity contribution in [3.63, 3.8) is 0 Å². The van der Waals surface area contributed by atoms with Crippen molar-refractivity contribution in [2.75, 3.05) is 25.0 Å². The molecule has 0 aromatic heterocycles. The first-order valence-electron chi connectivity index (χ1n) is 20.5. The maximum atomic E-state index is 14.4. The van der Waals surface area contributed by atoms with E-state index >= 15 is 0 Å². The van der Waals surface area contributed by atoms with E-state index in [1.165, 1.54) is 11.8 Å². The second-order valence-electron chi connectivity index (χ2n) is 16.9. The first kappa shape index (κ1) is 44.1. The molecule has 6 rings (SSSR count). The summed E-state index contributed by atoms with van der Waals surface area (Å²) in [6.45, 7) is 7.10. The molecule has 4 fully saturated rings. The van der Waals surface area contributed by atoms with Gasteiger partial charge in [0.05, 0.1) is 6.10 Å². The quantitative estimate of drug-likeness (QED) is 0.181. The summed E-state index contributed by atoms with van der Waals surface area (Å²) in [6.07, 6.45) is 0.447. The molecule has 3 heterocycles. The number of benzene rings is 2. The Bertz CT molecular complexity index is 2000. The lowest BCUT2D eigenvalue weighted by atomic mass is 9.98. The van der Waals surface area contributed by atoms with Crippen molar-refractivity contribution < 1.29 is 47.4 Å². The number of nitrogens with zero attached hydrogens (tertiary/aromatic N) is 3. The molecule has 324 valence electrons. The van der Waals surface area contributed by atoms with Crippen LogP contribution in [-0.4, -0.2) is 129 Å². The highest BCUT2D eigenvalue weighted by Crippen LogP contribution is 2.48. The molecule has 4 aliphatic rings. The van der Waals surface area contributed by atoms with E-state index < -0.39 is 95.6 Å². The summed E-state index contributed by atoms with van der Waals surface area (Å²) in [5, 5.41) is 21.2. The number of anilines is 1. The van der Waals surface area contributed by atoms with E-state index in [0.717, 1.165) is 22.6 Å². The molecule has 1 spiro atoms. The van der Waals surface area contributed by atoms with E-state index in [1.54, 1.807) is 36.1 Å². The molecule has 1 saturated carbocycles. The smallest absolute Gasteiger partial charge is 0.319 e. The highest BCUT2D eigenvalue weighted by atomic mass is 19.1. The maximum Gasteiger partial charge on any atom is 0.319 e. The van der Waals surface area contributed by atoms with Gasteiger partial charge in [0, 0.05) is 50.3 Å². The zero-order chi connectivity index (χ0) is 43.6. The molecule has 7 amide bonds. The number of carbonyl (C=O) groups is 7. The van der Waals surface area contributed by atoms with Gasteiger partial charge in [-0.2, -0.15) is 0 Å². The number of ketones is 1. The van der Waals surface area contributed by atoms with Gasteiger partial charge in [-0.05, 0) is 88.6 Å². The van der Waals surface area contributed by atoms with Crippen molar-refractivity contribution in [1.29, 1.82) is 0 Å². The minimum atomic E-state index is -1.66. The number of Topliss-reactive ketones (excluding diaryl/α,β-unsaturated/α-hetero) is 1.